The Kier molecular flexibility index (Phi) is 4.32. The van der Waals surface area contributed by atoms with Crippen LogP contribution < -0.4 is 0 Å². The predicted octanol–water partition coefficient (Wildman–Crippen LogP) is 2.55. The number of allylic oxidation sites excluding steroid dienone is 1. The first-order valence-electron chi connectivity index (χ1n) is 8.72. The number of rotatable bonds is 6. The number of hydrogen-bond donors (Lipinski definition) is 2. The number of hydrogen-bond acceptors (Lipinski definition) is 4. The fourth-order valence-corrected chi connectivity index (χ4v) is 5.98. The number of ether oxygens (including phenoxy) is 1. The number of carbonyl (C=O) groups is 2. The summed E-state index contributed by atoms with van der Waals surface area (Å²) in [5.74, 6) is -0.400. The number of aliphatic hydroxyl groups excluding tert-OH is 1. The highest BCUT2D eigenvalue weighted by molar-refractivity contribution is 5.87. The van der Waals surface area contributed by atoms with Gasteiger partial charge in [0, 0.05) is 23.7 Å². The number of carboxylic acids is 1. The molecule has 132 valence electrons. The Bertz CT molecular complexity index is 595. The molecule has 0 aromatic carbocycles. The summed E-state index contributed by atoms with van der Waals surface area (Å²) < 4.78 is 5.58. The lowest BCUT2D eigenvalue weighted by Gasteiger charge is -2.49. The van der Waals surface area contributed by atoms with E-state index in [1.165, 1.54) is 6.08 Å². The van der Waals surface area contributed by atoms with E-state index in [0.717, 1.165) is 32.1 Å². The van der Waals surface area contributed by atoms with E-state index >= 15 is 0 Å². The number of carboxylic acid groups (broad SMARTS) is 1. The smallest absolute Gasteiger partial charge is 0.333 e. The van der Waals surface area contributed by atoms with Gasteiger partial charge in [-0.25, -0.2) is 9.59 Å². The molecule has 5 unspecified atom stereocenters. The van der Waals surface area contributed by atoms with Gasteiger partial charge < -0.3 is 14.9 Å². The first-order chi connectivity index (χ1) is 11.4. The van der Waals surface area contributed by atoms with Crippen LogP contribution in [0.1, 0.15) is 39.0 Å². The average molecular weight is 334 g/mol. The molecule has 24 heavy (non-hydrogen) atoms. The maximum absolute atomic E-state index is 12.0. The number of aliphatic carboxylic acids is 1. The van der Waals surface area contributed by atoms with Gasteiger partial charge in [0.1, 0.15) is 0 Å². The average Bonchev–Trinajstić information content (AvgIpc) is 3.19. The molecule has 0 aliphatic heterocycles. The fourth-order valence-electron chi connectivity index (χ4n) is 5.98. The standard InChI is InChI=1S/C19H26O5/c1-12(2)17(23)24-11-19-14(10-20)3-4-15(19)13-5-7-18(19,9-13)8-6-16(21)22/h6,8,13-15,20H,1,3-5,7,9-11H2,2H3,(H,21,22). The SMILES string of the molecule is C=C(C)C(=O)OCC12C(CO)CCC1C1CCC2(C=CC(=O)O)C1. The van der Waals surface area contributed by atoms with Crippen LogP contribution in [0, 0.1) is 28.6 Å². The van der Waals surface area contributed by atoms with Crippen molar-refractivity contribution >= 4 is 11.9 Å². The first kappa shape index (κ1) is 17.2. The van der Waals surface area contributed by atoms with Crippen molar-refractivity contribution in [3.05, 3.63) is 24.3 Å². The zero-order valence-electron chi connectivity index (χ0n) is 14.2. The summed E-state index contributed by atoms with van der Waals surface area (Å²) >= 11 is 0. The maximum atomic E-state index is 12.0. The van der Waals surface area contributed by atoms with Gasteiger partial charge in [0.15, 0.2) is 0 Å². The van der Waals surface area contributed by atoms with Gasteiger partial charge in [0.2, 0.25) is 0 Å². The second-order valence-electron chi connectivity index (χ2n) is 7.79. The summed E-state index contributed by atoms with van der Waals surface area (Å²) in [6, 6.07) is 0. The molecule has 0 heterocycles. The minimum atomic E-state index is -0.955. The molecule has 3 fully saturated rings. The minimum Gasteiger partial charge on any atom is -0.478 e. The van der Waals surface area contributed by atoms with Gasteiger partial charge in [-0.1, -0.05) is 12.7 Å². The van der Waals surface area contributed by atoms with Crippen molar-refractivity contribution in [2.45, 2.75) is 39.0 Å². The third-order valence-electron chi connectivity index (χ3n) is 6.86. The Balaban J connectivity index is 1.98. The molecule has 0 spiro atoms. The van der Waals surface area contributed by atoms with Crippen molar-refractivity contribution in [3.63, 3.8) is 0 Å². The summed E-state index contributed by atoms with van der Waals surface area (Å²) in [5.41, 5.74) is -0.276. The summed E-state index contributed by atoms with van der Waals surface area (Å²) in [5, 5.41) is 19.1. The van der Waals surface area contributed by atoms with Crippen LogP contribution >= 0.6 is 0 Å². The largest absolute Gasteiger partial charge is 0.478 e. The van der Waals surface area contributed by atoms with E-state index in [1.54, 1.807) is 6.92 Å². The Hall–Kier alpha value is -1.62. The lowest BCUT2D eigenvalue weighted by Crippen LogP contribution is -2.49. The topological polar surface area (TPSA) is 83.8 Å². The molecule has 0 saturated heterocycles. The third-order valence-corrected chi connectivity index (χ3v) is 6.86. The molecular formula is C19H26O5. The van der Waals surface area contributed by atoms with Gasteiger partial charge >= 0.3 is 11.9 Å². The fraction of sp³-hybridized carbons (Fsp3) is 0.684. The first-order valence-corrected chi connectivity index (χ1v) is 8.72. The van der Waals surface area contributed by atoms with E-state index in [-0.39, 0.29) is 30.0 Å². The van der Waals surface area contributed by atoms with Crippen molar-refractivity contribution < 1.29 is 24.5 Å². The number of fused-ring (bicyclic) bond motifs is 5. The summed E-state index contributed by atoms with van der Waals surface area (Å²) in [6.07, 6.45) is 7.91. The van der Waals surface area contributed by atoms with Crippen LogP contribution in [0.25, 0.3) is 0 Å². The zero-order chi connectivity index (χ0) is 17.5. The van der Waals surface area contributed by atoms with Gasteiger partial charge in [-0.3, -0.25) is 0 Å². The van der Waals surface area contributed by atoms with Gasteiger partial charge in [-0.15, -0.1) is 0 Å². The maximum Gasteiger partial charge on any atom is 0.333 e. The van der Waals surface area contributed by atoms with Crippen LogP contribution in [0.4, 0.5) is 0 Å². The quantitative estimate of drug-likeness (QED) is 0.576. The van der Waals surface area contributed by atoms with Crippen molar-refractivity contribution in [1.82, 2.24) is 0 Å². The van der Waals surface area contributed by atoms with Crippen LogP contribution in [0.2, 0.25) is 0 Å². The molecule has 3 rings (SSSR count). The monoisotopic (exact) mass is 334 g/mol. The second-order valence-corrected chi connectivity index (χ2v) is 7.79. The highest BCUT2D eigenvalue weighted by Gasteiger charge is 2.70. The van der Waals surface area contributed by atoms with Crippen molar-refractivity contribution in [1.29, 1.82) is 0 Å². The molecule has 2 N–H and O–H groups in total. The van der Waals surface area contributed by atoms with Crippen molar-refractivity contribution in [2.24, 2.45) is 28.6 Å². The molecule has 5 atom stereocenters. The van der Waals surface area contributed by atoms with E-state index < -0.39 is 11.9 Å². The normalized spacial score (nSPS) is 40.0. The van der Waals surface area contributed by atoms with Gasteiger partial charge in [0.05, 0.1) is 6.61 Å². The van der Waals surface area contributed by atoms with E-state index in [9.17, 15) is 14.7 Å². The Labute approximate surface area is 142 Å². The lowest BCUT2D eigenvalue weighted by molar-refractivity contribution is -0.150. The second kappa shape index (κ2) is 6.03. The minimum absolute atomic E-state index is 0.0455. The van der Waals surface area contributed by atoms with Gasteiger partial charge in [-0.05, 0) is 62.2 Å². The molecule has 2 bridgehead atoms. The molecular weight excluding hydrogens is 308 g/mol. The molecule has 3 aliphatic rings. The zero-order valence-corrected chi connectivity index (χ0v) is 14.2. The highest BCUT2D eigenvalue weighted by atomic mass is 16.5. The van der Waals surface area contributed by atoms with Crippen LogP contribution in [0.3, 0.4) is 0 Å². The number of carbonyl (C=O) groups excluding carboxylic acids is 1. The molecule has 3 aliphatic carbocycles. The molecule has 3 saturated carbocycles. The number of aliphatic hydroxyl groups is 1. The lowest BCUT2D eigenvalue weighted by atomic mass is 9.56. The van der Waals surface area contributed by atoms with Crippen LogP contribution in [0.5, 0.6) is 0 Å². The van der Waals surface area contributed by atoms with Crippen LogP contribution in [-0.4, -0.2) is 35.4 Å². The molecule has 0 radical (unpaired) electrons. The van der Waals surface area contributed by atoms with E-state index in [0.29, 0.717) is 17.4 Å². The Morgan fingerprint density at radius 2 is 2.08 bits per heavy atom. The molecule has 0 aromatic heterocycles. The molecule has 5 heteroatoms. The van der Waals surface area contributed by atoms with Crippen LogP contribution in [0.15, 0.2) is 24.3 Å². The van der Waals surface area contributed by atoms with E-state index in [1.807, 2.05) is 6.08 Å². The summed E-state index contributed by atoms with van der Waals surface area (Å²) in [7, 11) is 0. The van der Waals surface area contributed by atoms with Gasteiger partial charge in [-0.2, -0.15) is 0 Å². The molecule has 0 aromatic rings. The molecule has 5 nitrogen and oxygen atoms in total. The third kappa shape index (κ3) is 2.32. The van der Waals surface area contributed by atoms with Crippen molar-refractivity contribution in [3.8, 4) is 0 Å². The van der Waals surface area contributed by atoms with E-state index in [4.69, 9.17) is 9.84 Å². The Morgan fingerprint density at radius 3 is 2.71 bits per heavy atom. The van der Waals surface area contributed by atoms with E-state index in [2.05, 4.69) is 6.58 Å². The van der Waals surface area contributed by atoms with Crippen molar-refractivity contribution in [2.75, 3.05) is 13.2 Å². The summed E-state index contributed by atoms with van der Waals surface area (Å²) in [4.78, 5) is 23.1. The molecule has 0 amide bonds. The number of esters is 1. The van der Waals surface area contributed by atoms with Crippen LogP contribution in [-0.2, 0) is 14.3 Å². The summed E-state index contributed by atoms with van der Waals surface area (Å²) in [6.45, 7) is 5.55. The van der Waals surface area contributed by atoms with Gasteiger partial charge in [0.25, 0.3) is 0 Å². The Morgan fingerprint density at radius 1 is 1.33 bits per heavy atom. The highest BCUT2D eigenvalue weighted by Crippen LogP contribution is 2.74. The predicted molar refractivity (Wildman–Crippen MR) is 88.1 cm³/mol.